The fourth-order valence-corrected chi connectivity index (χ4v) is 2.70. The Labute approximate surface area is 128 Å². The number of hydrogen-bond acceptors (Lipinski definition) is 3. The van der Waals surface area contributed by atoms with Crippen LogP contribution in [0, 0.1) is 13.8 Å². The lowest BCUT2D eigenvalue weighted by Crippen LogP contribution is -2.15. The summed E-state index contributed by atoms with van der Waals surface area (Å²) in [5, 5.41) is 10.1. The van der Waals surface area contributed by atoms with Crippen LogP contribution < -0.4 is 0 Å². The van der Waals surface area contributed by atoms with Gasteiger partial charge >= 0.3 is 0 Å². The van der Waals surface area contributed by atoms with Crippen LogP contribution in [0.3, 0.4) is 0 Å². The van der Waals surface area contributed by atoms with Gasteiger partial charge in [0, 0.05) is 0 Å². The summed E-state index contributed by atoms with van der Waals surface area (Å²) >= 11 is 0. The normalized spacial score (nSPS) is 18.2. The molecule has 1 N–H and O–H groups in total. The molecule has 1 aliphatic carbocycles. The Morgan fingerprint density at radius 3 is 1.82 bits per heavy atom. The number of carbonyl (C=O) groups is 2. The van der Waals surface area contributed by atoms with Gasteiger partial charge in [-0.1, -0.05) is 59.7 Å². The molecule has 0 radical (unpaired) electrons. The van der Waals surface area contributed by atoms with Gasteiger partial charge in [-0.3, -0.25) is 9.59 Å². The van der Waals surface area contributed by atoms with Gasteiger partial charge in [0.25, 0.3) is 0 Å². The van der Waals surface area contributed by atoms with Gasteiger partial charge in [-0.25, -0.2) is 0 Å². The summed E-state index contributed by atoms with van der Waals surface area (Å²) in [5.41, 5.74) is 3.43. The van der Waals surface area contributed by atoms with Gasteiger partial charge in [-0.15, -0.1) is 0 Å². The highest BCUT2D eigenvalue weighted by Crippen LogP contribution is 2.36. The van der Waals surface area contributed by atoms with Gasteiger partial charge in [-0.05, 0) is 25.0 Å². The first-order chi connectivity index (χ1) is 10.5. The van der Waals surface area contributed by atoms with Crippen LogP contribution in [0.2, 0.25) is 0 Å². The summed E-state index contributed by atoms with van der Waals surface area (Å²) in [5.74, 6) is -2.23. The van der Waals surface area contributed by atoms with Crippen LogP contribution >= 0.6 is 0 Å². The second-order valence-electron chi connectivity index (χ2n) is 5.66. The highest BCUT2D eigenvalue weighted by atomic mass is 16.3. The minimum atomic E-state index is -0.933. The third kappa shape index (κ3) is 2.25. The van der Waals surface area contributed by atoms with Gasteiger partial charge in [-0.2, -0.15) is 0 Å². The summed E-state index contributed by atoms with van der Waals surface area (Å²) in [7, 11) is 0. The molecule has 0 saturated carbocycles. The molecule has 0 saturated heterocycles. The standard InChI is InChI=1S/C19H16O3/c1-11-3-7-13(8-4-11)15-17(20)16(19(22)18(15)21)14-9-5-12(2)6-10-14/h3-10,15,22H,1-2H3. The van der Waals surface area contributed by atoms with Crippen LogP contribution in [0.4, 0.5) is 0 Å². The van der Waals surface area contributed by atoms with Crippen molar-refractivity contribution in [3.8, 4) is 0 Å². The number of rotatable bonds is 2. The van der Waals surface area contributed by atoms with Crippen molar-refractivity contribution in [3.63, 3.8) is 0 Å². The molecule has 110 valence electrons. The molecule has 0 spiro atoms. The van der Waals surface area contributed by atoms with Crippen molar-refractivity contribution in [2.24, 2.45) is 0 Å². The maximum atomic E-state index is 12.7. The maximum absolute atomic E-state index is 12.7. The van der Waals surface area contributed by atoms with E-state index >= 15 is 0 Å². The Hall–Kier alpha value is -2.68. The molecule has 3 heteroatoms. The maximum Gasteiger partial charge on any atom is 0.213 e. The molecule has 1 aliphatic rings. The topological polar surface area (TPSA) is 54.4 Å². The van der Waals surface area contributed by atoms with Gasteiger partial charge < -0.3 is 5.11 Å². The Kier molecular flexibility index (Phi) is 3.41. The Bertz CT molecular complexity index is 780. The Morgan fingerprint density at radius 1 is 0.773 bits per heavy atom. The molecule has 1 atom stereocenters. The lowest BCUT2D eigenvalue weighted by atomic mass is 9.91. The number of hydrogen-bond donors (Lipinski definition) is 1. The third-order valence-electron chi connectivity index (χ3n) is 3.99. The quantitative estimate of drug-likeness (QED) is 0.862. The number of benzene rings is 2. The highest BCUT2D eigenvalue weighted by molar-refractivity contribution is 6.41. The zero-order chi connectivity index (χ0) is 15.9. The molecule has 0 bridgehead atoms. The van der Waals surface area contributed by atoms with Gasteiger partial charge in [0.1, 0.15) is 5.92 Å². The van der Waals surface area contributed by atoms with Crippen LogP contribution in [-0.2, 0) is 9.59 Å². The van der Waals surface area contributed by atoms with Crippen molar-refractivity contribution in [2.75, 3.05) is 0 Å². The van der Waals surface area contributed by atoms with Gasteiger partial charge in [0.15, 0.2) is 11.5 Å². The van der Waals surface area contributed by atoms with Gasteiger partial charge in [0.2, 0.25) is 5.78 Å². The third-order valence-corrected chi connectivity index (χ3v) is 3.99. The minimum absolute atomic E-state index is 0.121. The number of carbonyl (C=O) groups excluding carboxylic acids is 2. The number of ketones is 2. The van der Waals surface area contributed by atoms with E-state index in [0.29, 0.717) is 11.1 Å². The molecule has 22 heavy (non-hydrogen) atoms. The molecular weight excluding hydrogens is 276 g/mol. The van der Waals surface area contributed by atoms with Crippen LogP contribution in [0.5, 0.6) is 0 Å². The first-order valence-electron chi connectivity index (χ1n) is 7.14. The summed E-state index contributed by atoms with van der Waals surface area (Å²) in [4.78, 5) is 25.0. The molecule has 1 unspecified atom stereocenters. The molecular formula is C19H16O3. The molecule has 0 aliphatic heterocycles. The average molecular weight is 292 g/mol. The molecule has 2 aromatic rings. The van der Waals surface area contributed by atoms with E-state index in [0.717, 1.165) is 11.1 Å². The number of aliphatic hydroxyl groups is 1. The molecule has 3 rings (SSSR count). The monoisotopic (exact) mass is 292 g/mol. The number of Topliss-reactive ketones (excluding diaryl/α,β-unsaturated/α-hetero) is 2. The summed E-state index contributed by atoms with van der Waals surface area (Å²) in [6.07, 6.45) is 0. The first kappa shape index (κ1) is 14.3. The van der Waals surface area contributed by atoms with E-state index < -0.39 is 17.5 Å². The summed E-state index contributed by atoms with van der Waals surface area (Å²) in [6.45, 7) is 3.88. The largest absolute Gasteiger partial charge is 0.504 e. The zero-order valence-corrected chi connectivity index (χ0v) is 12.5. The van der Waals surface area contributed by atoms with Crippen molar-refractivity contribution in [2.45, 2.75) is 19.8 Å². The predicted molar refractivity (Wildman–Crippen MR) is 84.7 cm³/mol. The Morgan fingerprint density at radius 2 is 1.27 bits per heavy atom. The second-order valence-corrected chi connectivity index (χ2v) is 5.66. The average Bonchev–Trinajstić information content (AvgIpc) is 2.72. The van der Waals surface area contributed by atoms with Gasteiger partial charge in [0.05, 0.1) is 5.57 Å². The van der Waals surface area contributed by atoms with Crippen LogP contribution in [0.25, 0.3) is 5.57 Å². The Balaban J connectivity index is 2.03. The van der Waals surface area contributed by atoms with Crippen molar-refractivity contribution in [1.29, 1.82) is 0 Å². The van der Waals surface area contributed by atoms with E-state index in [4.69, 9.17) is 0 Å². The SMILES string of the molecule is Cc1ccc(C2=C(O)C(=O)C(c3ccc(C)cc3)C2=O)cc1. The van der Waals surface area contributed by atoms with Crippen molar-refractivity contribution in [1.82, 2.24) is 0 Å². The minimum Gasteiger partial charge on any atom is -0.504 e. The molecule has 2 aromatic carbocycles. The van der Waals surface area contributed by atoms with E-state index in [2.05, 4.69) is 0 Å². The molecule has 0 amide bonds. The van der Waals surface area contributed by atoms with Crippen LogP contribution in [-0.4, -0.2) is 16.7 Å². The lowest BCUT2D eigenvalue weighted by Gasteiger charge is -2.08. The molecule has 0 aromatic heterocycles. The summed E-state index contributed by atoms with van der Waals surface area (Å²) < 4.78 is 0. The zero-order valence-electron chi connectivity index (χ0n) is 12.5. The van der Waals surface area contributed by atoms with E-state index in [1.54, 1.807) is 24.3 Å². The lowest BCUT2D eigenvalue weighted by molar-refractivity contribution is -0.123. The second kappa shape index (κ2) is 5.26. The van der Waals surface area contributed by atoms with Crippen molar-refractivity contribution < 1.29 is 14.7 Å². The summed E-state index contributed by atoms with van der Waals surface area (Å²) in [6, 6.07) is 14.5. The molecule has 0 fully saturated rings. The van der Waals surface area contributed by atoms with E-state index in [1.807, 2.05) is 38.1 Å². The number of aliphatic hydroxyl groups excluding tert-OH is 1. The van der Waals surface area contributed by atoms with Crippen LogP contribution in [0.1, 0.15) is 28.2 Å². The fourth-order valence-electron chi connectivity index (χ4n) is 2.70. The van der Waals surface area contributed by atoms with E-state index in [9.17, 15) is 14.7 Å². The molecule has 3 nitrogen and oxygen atoms in total. The fraction of sp³-hybridized carbons (Fsp3) is 0.158. The van der Waals surface area contributed by atoms with E-state index in [1.165, 1.54) is 0 Å². The highest BCUT2D eigenvalue weighted by Gasteiger charge is 2.42. The molecule has 0 heterocycles. The predicted octanol–water partition coefficient (Wildman–Crippen LogP) is 3.51. The smallest absolute Gasteiger partial charge is 0.213 e. The first-order valence-corrected chi connectivity index (χ1v) is 7.14. The van der Waals surface area contributed by atoms with Crippen molar-refractivity contribution in [3.05, 3.63) is 76.5 Å². The van der Waals surface area contributed by atoms with Crippen LogP contribution in [0.15, 0.2) is 54.3 Å². The number of aryl methyl sites for hydroxylation is 2. The van der Waals surface area contributed by atoms with E-state index in [-0.39, 0.29) is 11.4 Å². The van der Waals surface area contributed by atoms with Crippen molar-refractivity contribution >= 4 is 17.1 Å². The number of allylic oxidation sites excluding steroid dienone is 2.